The highest BCUT2D eigenvalue weighted by molar-refractivity contribution is 7.80. The number of thiocarbonyl (C=S) groups is 1. The van der Waals surface area contributed by atoms with Gasteiger partial charge in [0.2, 0.25) is 0 Å². The zero-order valence-corrected chi connectivity index (χ0v) is 13.8. The lowest BCUT2D eigenvalue weighted by Gasteiger charge is -2.04. The van der Waals surface area contributed by atoms with Crippen LogP contribution in [0.25, 0.3) is 0 Å². The Hall–Kier alpha value is -2.25. The molecule has 0 spiro atoms. The average molecular weight is 332 g/mol. The van der Waals surface area contributed by atoms with E-state index < -0.39 is 0 Å². The van der Waals surface area contributed by atoms with Crippen molar-refractivity contribution in [3.63, 3.8) is 0 Å². The van der Waals surface area contributed by atoms with Crippen molar-refractivity contribution >= 4 is 45.8 Å². The third-order valence-electron chi connectivity index (χ3n) is 3.06. The van der Waals surface area contributed by atoms with Crippen LogP contribution in [0.15, 0.2) is 35.4 Å². The number of nitrogens with two attached hydrogens (primary N) is 1. The average Bonchev–Trinajstić information content (AvgIpc) is 2.75. The number of hydrazone groups is 1. The molecule has 0 aliphatic carbocycles. The highest BCUT2D eigenvalue weighted by Gasteiger charge is 2.14. The number of carbonyl (C=O) groups is 1. The van der Waals surface area contributed by atoms with Crippen LogP contribution in [0, 0.1) is 13.8 Å². The monoisotopic (exact) mass is 332 g/mol. The first-order chi connectivity index (χ1) is 10.5. The number of nitrogens with one attached hydrogen (secondary N) is 2. The van der Waals surface area contributed by atoms with Gasteiger partial charge in [-0.05, 0) is 43.8 Å². The standard InChI is InChI=1S/C15H16N4OS2/c1-9-10(2)22-14(12(9)8-17-19-15(16)21)18-13(20)11-6-4-3-5-7-11/h3-8H,1-2H3,(H,18,20)(H3,16,19,21)/b17-8+. The summed E-state index contributed by atoms with van der Waals surface area (Å²) in [5.41, 5.74) is 10.4. The number of hydrogen-bond donors (Lipinski definition) is 3. The smallest absolute Gasteiger partial charge is 0.256 e. The molecule has 0 unspecified atom stereocenters. The molecule has 0 atom stereocenters. The molecule has 1 aromatic heterocycles. The Morgan fingerprint density at radius 1 is 1.32 bits per heavy atom. The Labute approximate surface area is 138 Å². The summed E-state index contributed by atoms with van der Waals surface area (Å²) < 4.78 is 0. The van der Waals surface area contributed by atoms with Crippen molar-refractivity contribution < 1.29 is 4.79 Å². The van der Waals surface area contributed by atoms with Crippen LogP contribution in [0.5, 0.6) is 0 Å². The second-order valence-electron chi connectivity index (χ2n) is 4.58. The molecule has 22 heavy (non-hydrogen) atoms. The SMILES string of the molecule is Cc1sc(NC(=O)c2ccccc2)c(/C=N/NC(N)=S)c1C. The van der Waals surface area contributed by atoms with Gasteiger partial charge in [-0.25, -0.2) is 0 Å². The van der Waals surface area contributed by atoms with Crippen molar-refractivity contribution in [2.75, 3.05) is 5.32 Å². The fraction of sp³-hybridized carbons (Fsp3) is 0.133. The number of amides is 1. The van der Waals surface area contributed by atoms with Gasteiger partial charge in [-0.3, -0.25) is 10.2 Å². The maximum absolute atomic E-state index is 12.3. The first-order valence-corrected chi connectivity index (χ1v) is 7.76. The van der Waals surface area contributed by atoms with Crippen LogP contribution >= 0.6 is 23.6 Å². The van der Waals surface area contributed by atoms with E-state index in [4.69, 9.17) is 18.0 Å². The molecule has 0 fully saturated rings. The summed E-state index contributed by atoms with van der Waals surface area (Å²) in [5.74, 6) is -0.154. The Kier molecular flexibility index (Phi) is 5.24. The van der Waals surface area contributed by atoms with E-state index in [0.29, 0.717) is 5.56 Å². The summed E-state index contributed by atoms with van der Waals surface area (Å²) in [6.45, 7) is 3.97. The summed E-state index contributed by atoms with van der Waals surface area (Å²) in [6, 6.07) is 9.06. The molecule has 0 saturated carbocycles. The highest BCUT2D eigenvalue weighted by atomic mass is 32.1. The third kappa shape index (κ3) is 3.90. The van der Waals surface area contributed by atoms with E-state index in [1.165, 1.54) is 11.3 Å². The quantitative estimate of drug-likeness (QED) is 0.457. The van der Waals surface area contributed by atoms with Crippen LogP contribution in [-0.2, 0) is 0 Å². The second kappa shape index (κ2) is 7.15. The lowest BCUT2D eigenvalue weighted by atomic mass is 10.1. The second-order valence-corrected chi connectivity index (χ2v) is 6.25. The summed E-state index contributed by atoms with van der Waals surface area (Å²) in [7, 11) is 0. The molecule has 0 aliphatic heterocycles. The fourth-order valence-electron chi connectivity index (χ4n) is 1.82. The zero-order chi connectivity index (χ0) is 16.1. The van der Waals surface area contributed by atoms with Crippen molar-refractivity contribution in [2.45, 2.75) is 13.8 Å². The van der Waals surface area contributed by atoms with Crippen LogP contribution in [0.3, 0.4) is 0 Å². The number of hydrogen-bond acceptors (Lipinski definition) is 4. The number of carbonyl (C=O) groups excluding carboxylic acids is 1. The summed E-state index contributed by atoms with van der Waals surface area (Å²) in [6.07, 6.45) is 1.61. The van der Waals surface area contributed by atoms with Crippen molar-refractivity contribution in [1.29, 1.82) is 0 Å². The van der Waals surface area contributed by atoms with Crippen LogP contribution in [0.2, 0.25) is 0 Å². The van der Waals surface area contributed by atoms with Gasteiger partial charge < -0.3 is 11.1 Å². The van der Waals surface area contributed by atoms with Crippen LogP contribution < -0.4 is 16.5 Å². The van der Waals surface area contributed by atoms with Crippen LogP contribution in [0.4, 0.5) is 5.00 Å². The predicted molar refractivity (Wildman–Crippen MR) is 95.7 cm³/mol. The third-order valence-corrected chi connectivity index (χ3v) is 4.29. The summed E-state index contributed by atoms with van der Waals surface area (Å²) in [5, 5.41) is 7.73. The largest absolute Gasteiger partial charge is 0.375 e. The van der Waals surface area contributed by atoms with Gasteiger partial charge in [0.1, 0.15) is 5.00 Å². The molecular formula is C15H16N4OS2. The number of aryl methyl sites for hydroxylation is 1. The van der Waals surface area contributed by atoms with E-state index in [2.05, 4.69) is 15.8 Å². The van der Waals surface area contributed by atoms with Gasteiger partial charge >= 0.3 is 0 Å². The molecule has 5 nitrogen and oxygen atoms in total. The molecule has 1 amide bonds. The van der Waals surface area contributed by atoms with E-state index in [-0.39, 0.29) is 11.0 Å². The van der Waals surface area contributed by atoms with Crippen molar-refractivity contribution in [3.05, 3.63) is 51.9 Å². The molecule has 0 bridgehead atoms. The first-order valence-electron chi connectivity index (χ1n) is 6.54. The molecule has 2 aromatic rings. The summed E-state index contributed by atoms with van der Waals surface area (Å²) >= 11 is 6.21. The molecule has 1 heterocycles. The van der Waals surface area contributed by atoms with Gasteiger partial charge in [0.15, 0.2) is 5.11 Å². The van der Waals surface area contributed by atoms with E-state index in [1.54, 1.807) is 18.3 Å². The minimum Gasteiger partial charge on any atom is -0.375 e. The minimum atomic E-state index is -0.154. The van der Waals surface area contributed by atoms with E-state index in [1.807, 2.05) is 32.0 Å². The minimum absolute atomic E-state index is 0.0933. The summed E-state index contributed by atoms with van der Waals surface area (Å²) in [4.78, 5) is 13.4. The van der Waals surface area contributed by atoms with Crippen molar-refractivity contribution in [2.24, 2.45) is 10.8 Å². The molecule has 114 valence electrons. The maximum atomic E-state index is 12.3. The zero-order valence-electron chi connectivity index (χ0n) is 12.2. The first kappa shape index (κ1) is 16.1. The van der Waals surface area contributed by atoms with Gasteiger partial charge in [0, 0.05) is 16.0 Å². The number of rotatable bonds is 4. The van der Waals surface area contributed by atoms with E-state index in [9.17, 15) is 4.79 Å². The predicted octanol–water partition coefficient (Wildman–Crippen LogP) is 2.78. The van der Waals surface area contributed by atoms with E-state index >= 15 is 0 Å². The van der Waals surface area contributed by atoms with Crippen molar-refractivity contribution in [3.8, 4) is 0 Å². The maximum Gasteiger partial charge on any atom is 0.256 e. The van der Waals surface area contributed by atoms with Gasteiger partial charge in [-0.1, -0.05) is 18.2 Å². The van der Waals surface area contributed by atoms with Crippen LogP contribution in [0.1, 0.15) is 26.4 Å². The number of thiophene rings is 1. The Bertz CT molecular complexity index is 723. The lowest BCUT2D eigenvalue weighted by Crippen LogP contribution is -2.24. The molecule has 0 radical (unpaired) electrons. The molecule has 7 heteroatoms. The Morgan fingerprint density at radius 3 is 2.64 bits per heavy atom. The number of benzene rings is 1. The molecule has 0 saturated heterocycles. The molecule has 0 aliphatic rings. The molecule has 4 N–H and O–H groups in total. The topological polar surface area (TPSA) is 79.5 Å². The Morgan fingerprint density at radius 2 is 2.00 bits per heavy atom. The number of nitrogens with zero attached hydrogens (tertiary/aromatic N) is 1. The molecule has 1 aromatic carbocycles. The Balaban J connectivity index is 2.24. The van der Waals surface area contributed by atoms with Gasteiger partial charge in [0.25, 0.3) is 5.91 Å². The normalized spacial score (nSPS) is 10.6. The van der Waals surface area contributed by atoms with Gasteiger partial charge in [-0.2, -0.15) is 5.10 Å². The van der Waals surface area contributed by atoms with Crippen LogP contribution in [-0.4, -0.2) is 17.2 Å². The molecule has 2 rings (SSSR count). The van der Waals surface area contributed by atoms with Crippen molar-refractivity contribution in [1.82, 2.24) is 5.43 Å². The lowest BCUT2D eigenvalue weighted by molar-refractivity contribution is 0.102. The molecular weight excluding hydrogens is 316 g/mol. The fourth-order valence-corrected chi connectivity index (χ4v) is 2.90. The van der Waals surface area contributed by atoms with E-state index in [0.717, 1.165) is 21.0 Å². The number of anilines is 1. The van der Waals surface area contributed by atoms with Gasteiger partial charge in [-0.15, -0.1) is 11.3 Å². The van der Waals surface area contributed by atoms with Gasteiger partial charge in [0.05, 0.1) is 6.21 Å². The highest BCUT2D eigenvalue weighted by Crippen LogP contribution is 2.31.